The van der Waals surface area contributed by atoms with E-state index in [2.05, 4.69) is 15.6 Å². The van der Waals surface area contributed by atoms with Crippen LogP contribution in [0.15, 0.2) is 24.4 Å². The van der Waals surface area contributed by atoms with E-state index in [9.17, 15) is 19.2 Å². The fourth-order valence-electron chi connectivity index (χ4n) is 4.55. The number of imide groups is 1. The first kappa shape index (κ1) is 21.6. The molecule has 1 aromatic heterocycles. The number of nitrogens with zero attached hydrogens (tertiary/aromatic N) is 5. The average molecular weight is 469 g/mol. The van der Waals surface area contributed by atoms with Crippen molar-refractivity contribution in [2.24, 2.45) is 0 Å². The number of benzene rings is 1. The van der Waals surface area contributed by atoms with E-state index in [4.69, 9.17) is 0 Å². The van der Waals surface area contributed by atoms with Crippen molar-refractivity contribution in [3.05, 3.63) is 41.2 Å². The second-order valence-electron chi connectivity index (χ2n) is 8.61. The second-order valence-corrected chi connectivity index (χ2v) is 10.0. The lowest BCUT2D eigenvalue weighted by Crippen LogP contribution is -2.52. The van der Waals surface area contributed by atoms with Crippen LogP contribution in [-0.4, -0.2) is 79.1 Å². The van der Waals surface area contributed by atoms with E-state index in [1.54, 1.807) is 24.2 Å². The summed E-state index contributed by atoms with van der Waals surface area (Å²) in [6.45, 7) is 0.992. The van der Waals surface area contributed by atoms with Gasteiger partial charge in [-0.25, -0.2) is 4.68 Å². The van der Waals surface area contributed by atoms with Gasteiger partial charge in [-0.05, 0) is 42.7 Å². The number of amides is 4. The molecule has 4 amide bonds. The lowest BCUT2D eigenvalue weighted by molar-refractivity contribution is -0.136. The SMILES string of the molecule is CN(CC1CCCS1)C(=O)c1cn(-c2ccc3c(c2)C(=O)N(C2CCC(=O)NC2=O)C3)nn1. The van der Waals surface area contributed by atoms with Gasteiger partial charge < -0.3 is 9.80 Å². The number of thioether (sulfide) groups is 1. The van der Waals surface area contributed by atoms with Crippen molar-refractivity contribution in [1.29, 1.82) is 0 Å². The van der Waals surface area contributed by atoms with Gasteiger partial charge in [0.2, 0.25) is 11.8 Å². The van der Waals surface area contributed by atoms with Gasteiger partial charge in [-0.15, -0.1) is 5.10 Å². The summed E-state index contributed by atoms with van der Waals surface area (Å²) in [4.78, 5) is 52.6. The number of fused-ring (bicyclic) bond motifs is 1. The van der Waals surface area contributed by atoms with Crippen LogP contribution in [0.1, 0.15) is 52.1 Å². The molecular formula is C22H24N6O4S. The number of hydrogen-bond donors (Lipinski definition) is 1. The number of nitrogens with one attached hydrogen (secondary N) is 1. The molecule has 33 heavy (non-hydrogen) atoms. The highest BCUT2D eigenvalue weighted by Gasteiger charge is 2.39. The summed E-state index contributed by atoms with van der Waals surface area (Å²) in [7, 11) is 1.78. The monoisotopic (exact) mass is 468 g/mol. The van der Waals surface area contributed by atoms with Crippen molar-refractivity contribution in [3.8, 4) is 5.69 Å². The highest BCUT2D eigenvalue weighted by Crippen LogP contribution is 2.29. The van der Waals surface area contributed by atoms with Crippen LogP contribution in [-0.2, 0) is 16.1 Å². The molecular weight excluding hydrogens is 444 g/mol. The standard InChI is InChI=1S/C22H24N6O4S/c1-26(11-15-3-2-8-33-15)22(32)17-12-28(25-24-17)14-5-4-13-10-27(21(31)16(13)9-14)18-6-7-19(29)23-20(18)30/h4-5,9,12,15,18H,2-3,6-8,10-11H2,1H3,(H,23,29,30). The quantitative estimate of drug-likeness (QED) is 0.651. The molecule has 5 rings (SSSR count). The Labute approximate surface area is 194 Å². The van der Waals surface area contributed by atoms with Crippen LogP contribution in [0.2, 0.25) is 0 Å². The van der Waals surface area contributed by atoms with Crippen LogP contribution < -0.4 is 5.32 Å². The predicted molar refractivity (Wildman–Crippen MR) is 120 cm³/mol. The Morgan fingerprint density at radius 2 is 2.12 bits per heavy atom. The van der Waals surface area contributed by atoms with Gasteiger partial charge in [0.05, 0.1) is 11.9 Å². The van der Waals surface area contributed by atoms with Gasteiger partial charge in [-0.1, -0.05) is 11.3 Å². The largest absolute Gasteiger partial charge is 0.339 e. The van der Waals surface area contributed by atoms with Crippen LogP contribution in [0.3, 0.4) is 0 Å². The molecule has 2 saturated heterocycles. The Morgan fingerprint density at radius 1 is 1.27 bits per heavy atom. The van der Waals surface area contributed by atoms with E-state index in [0.29, 0.717) is 36.0 Å². The molecule has 3 aliphatic heterocycles. The van der Waals surface area contributed by atoms with Gasteiger partial charge in [-0.3, -0.25) is 24.5 Å². The van der Waals surface area contributed by atoms with E-state index in [-0.39, 0.29) is 29.8 Å². The Hall–Kier alpha value is -3.21. The molecule has 2 unspecified atom stereocenters. The summed E-state index contributed by atoms with van der Waals surface area (Å²) < 4.78 is 1.48. The fraction of sp³-hybridized carbons (Fsp3) is 0.455. The van der Waals surface area contributed by atoms with E-state index in [1.807, 2.05) is 23.9 Å². The van der Waals surface area contributed by atoms with Crippen molar-refractivity contribution in [1.82, 2.24) is 30.1 Å². The Morgan fingerprint density at radius 3 is 2.88 bits per heavy atom. The summed E-state index contributed by atoms with van der Waals surface area (Å²) in [6, 6.07) is 4.67. The molecule has 2 atom stereocenters. The number of piperidine rings is 1. The highest BCUT2D eigenvalue weighted by molar-refractivity contribution is 8.00. The first-order valence-corrected chi connectivity index (χ1v) is 12.0. The van der Waals surface area contributed by atoms with E-state index < -0.39 is 11.9 Å². The van der Waals surface area contributed by atoms with Crippen molar-refractivity contribution in [2.75, 3.05) is 19.3 Å². The van der Waals surface area contributed by atoms with Gasteiger partial charge in [0, 0.05) is 37.4 Å². The predicted octanol–water partition coefficient (Wildman–Crippen LogP) is 0.996. The van der Waals surface area contributed by atoms with E-state index >= 15 is 0 Å². The first-order chi connectivity index (χ1) is 15.9. The molecule has 11 heteroatoms. The molecule has 0 aliphatic carbocycles. The van der Waals surface area contributed by atoms with E-state index in [0.717, 1.165) is 17.7 Å². The maximum atomic E-state index is 13.0. The number of aromatic nitrogens is 3. The molecule has 0 saturated carbocycles. The number of carbonyl (C=O) groups excluding carboxylic acids is 4. The fourth-order valence-corrected chi connectivity index (χ4v) is 5.87. The van der Waals surface area contributed by atoms with Gasteiger partial charge in [0.1, 0.15) is 6.04 Å². The third-order valence-electron chi connectivity index (χ3n) is 6.34. The maximum absolute atomic E-state index is 13.0. The maximum Gasteiger partial charge on any atom is 0.275 e. The minimum atomic E-state index is -0.657. The first-order valence-electron chi connectivity index (χ1n) is 11.0. The second kappa shape index (κ2) is 8.62. The summed E-state index contributed by atoms with van der Waals surface area (Å²) in [5, 5.41) is 10.9. The van der Waals surface area contributed by atoms with Crippen LogP contribution in [0.5, 0.6) is 0 Å². The molecule has 0 bridgehead atoms. The Bertz CT molecular complexity index is 1140. The van der Waals surface area contributed by atoms with Gasteiger partial charge in [0.15, 0.2) is 5.69 Å². The zero-order valence-electron chi connectivity index (χ0n) is 18.2. The minimum absolute atomic E-state index is 0.185. The smallest absolute Gasteiger partial charge is 0.275 e. The molecule has 4 heterocycles. The normalized spacial score (nSPS) is 22.5. The van der Waals surface area contributed by atoms with Crippen molar-refractivity contribution < 1.29 is 19.2 Å². The molecule has 10 nitrogen and oxygen atoms in total. The molecule has 1 aromatic carbocycles. The molecule has 0 spiro atoms. The summed E-state index contributed by atoms with van der Waals surface area (Å²) in [5.41, 5.74) is 2.14. The number of rotatable bonds is 5. The molecule has 172 valence electrons. The third kappa shape index (κ3) is 4.12. The molecule has 1 N–H and O–H groups in total. The van der Waals surface area contributed by atoms with Gasteiger partial charge >= 0.3 is 0 Å². The van der Waals surface area contributed by atoms with Crippen LogP contribution >= 0.6 is 11.8 Å². The van der Waals surface area contributed by atoms with Crippen molar-refractivity contribution in [2.45, 2.75) is 43.5 Å². The summed E-state index contributed by atoms with van der Waals surface area (Å²) in [6.07, 6.45) is 4.41. The van der Waals surface area contributed by atoms with Crippen molar-refractivity contribution >= 4 is 35.4 Å². The Kier molecular flexibility index (Phi) is 5.65. The summed E-state index contributed by atoms with van der Waals surface area (Å²) in [5.74, 6) is -0.0541. The topological polar surface area (TPSA) is 118 Å². The van der Waals surface area contributed by atoms with Gasteiger partial charge in [0.25, 0.3) is 11.8 Å². The van der Waals surface area contributed by atoms with Crippen LogP contribution in [0, 0.1) is 0 Å². The third-order valence-corrected chi connectivity index (χ3v) is 7.72. The Balaban J connectivity index is 1.31. The van der Waals surface area contributed by atoms with Crippen LogP contribution in [0.25, 0.3) is 5.69 Å². The molecule has 3 aliphatic rings. The lowest BCUT2D eigenvalue weighted by atomic mass is 10.0. The number of hydrogen-bond acceptors (Lipinski definition) is 7. The zero-order valence-corrected chi connectivity index (χ0v) is 19.0. The van der Waals surface area contributed by atoms with E-state index in [1.165, 1.54) is 16.0 Å². The molecule has 2 fully saturated rings. The molecule has 0 radical (unpaired) electrons. The molecule has 2 aromatic rings. The summed E-state index contributed by atoms with van der Waals surface area (Å²) >= 11 is 1.89. The number of carbonyl (C=O) groups is 4. The highest BCUT2D eigenvalue weighted by atomic mass is 32.2. The minimum Gasteiger partial charge on any atom is -0.339 e. The van der Waals surface area contributed by atoms with Crippen molar-refractivity contribution in [3.63, 3.8) is 0 Å². The van der Waals surface area contributed by atoms with Gasteiger partial charge in [-0.2, -0.15) is 11.8 Å². The average Bonchev–Trinajstić information content (AvgIpc) is 3.54. The zero-order chi connectivity index (χ0) is 23.1. The van der Waals surface area contributed by atoms with Crippen LogP contribution in [0.4, 0.5) is 0 Å². The lowest BCUT2D eigenvalue weighted by Gasteiger charge is -2.29.